The number of aromatic hydroxyl groups is 1. The predicted octanol–water partition coefficient (Wildman–Crippen LogP) is 3.44. The zero-order chi connectivity index (χ0) is 13.5. The van der Waals surface area contributed by atoms with Crippen molar-refractivity contribution in [2.24, 2.45) is 0 Å². The molecule has 1 aromatic rings. The van der Waals surface area contributed by atoms with Crippen molar-refractivity contribution in [3.05, 3.63) is 29.3 Å². The summed E-state index contributed by atoms with van der Waals surface area (Å²) in [6.07, 6.45) is 3.22. The second-order valence-electron chi connectivity index (χ2n) is 4.89. The van der Waals surface area contributed by atoms with E-state index in [0.717, 1.165) is 24.8 Å². The third-order valence-corrected chi connectivity index (χ3v) is 3.00. The van der Waals surface area contributed by atoms with Gasteiger partial charge in [0, 0.05) is 6.54 Å². The average Bonchev–Trinajstić information content (AvgIpc) is 2.34. The summed E-state index contributed by atoms with van der Waals surface area (Å²) in [5.41, 5.74) is 1.43. The maximum atomic E-state index is 11.9. The van der Waals surface area contributed by atoms with Gasteiger partial charge in [0.25, 0.3) is 5.91 Å². The Morgan fingerprint density at radius 3 is 2.67 bits per heavy atom. The number of hydrogen-bond donors (Lipinski definition) is 2. The monoisotopic (exact) mass is 249 g/mol. The summed E-state index contributed by atoms with van der Waals surface area (Å²) in [6.45, 7) is 6.92. The highest BCUT2D eigenvalue weighted by atomic mass is 16.3. The molecule has 0 unspecified atom stereocenters. The number of rotatable bonds is 6. The van der Waals surface area contributed by atoms with Gasteiger partial charge in [-0.1, -0.05) is 39.7 Å². The van der Waals surface area contributed by atoms with Gasteiger partial charge in [0.2, 0.25) is 0 Å². The zero-order valence-corrected chi connectivity index (χ0v) is 11.5. The molecule has 0 radical (unpaired) electrons. The van der Waals surface area contributed by atoms with Crippen molar-refractivity contribution in [3.8, 4) is 5.75 Å². The molecule has 1 aromatic carbocycles. The molecule has 0 spiro atoms. The molecule has 0 aliphatic heterocycles. The second-order valence-corrected chi connectivity index (χ2v) is 4.89. The zero-order valence-electron chi connectivity index (χ0n) is 11.5. The Kier molecular flexibility index (Phi) is 5.69. The summed E-state index contributed by atoms with van der Waals surface area (Å²) < 4.78 is 0. The summed E-state index contributed by atoms with van der Waals surface area (Å²) >= 11 is 0. The Labute approximate surface area is 109 Å². The third-order valence-electron chi connectivity index (χ3n) is 3.00. The summed E-state index contributed by atoms with van der Waals surface area (Å²) in [5.74, 6) is 0.204. The molecule has 0 aliphatic rings. The van der Waals surface area contributed by atoms with Crippen LogP contribution in [0.25, 0.3) is 0 Å². The molecule has 0 aliphatic carbocycles. The molecule has 0 aromatic heterocycles. The topological polar surface area (TPSA) is 49.3 Å². The van der Waals surface area contributed by atoms with Crippen molar-refractivity contribution in [1.29, 1.82) is 0 Å². The average molecular weight is 249 g/mol. The minimum absolute atomic E-state index is 0.0485. The fourth-order valence-corrected chi connectivity index (χ4v) is 1.77. The highest BCUT2D eigenvalue weighted by Gasteiger charge is 2.12. The standard InChI is InChI=1S/C15H23NO2/c1-4-5-6-9-16-15(18)13-10-12(11(2)3)7-8-14(13)17/h7-8,10-11,17H,4-6,9H2,1-3H3,(H,16,18). The lowest BCUT2D eigenvalue weighted by Crippen LogP contribution is -2.24. The highest BCUT2D eigenvalue weighted by molar-refractivity contribution is 5.97. The van der Waals surface area contributed by atoms with E-state index in [9.17, 15) is 9.90 Å². The first-order chi connectivity index (χ1) is 8.56. The molecule has 0 saturated carbocycles. The number of carbonyl (C=O) groups is 1. The predicted molar refractivity (Wildman–Crippen MR) is 74.1 cm³/mol. The molecule has 1 amide bonds. The molecule has 100 valence electrons. The largest absolute Gasteiger partial charge is 0.507 e. The van der Waals surface area contributed by atoms with Crippen molar-refractivity contribution >= 4 is 5.91 Å². The van der Waals surface area contributed by atoms with Gasteiger partial charge in [0.05, 0.1) is 5.56 Å². The van der Waals surface area contributed by atoms with Gasteiger partial charge in [0.15, 0.2) is 0 Å². The quantitative estimate of drug-likeness (QED) is 0.759. The normalized spacial score (nSPS) is 10.7. The molecule has 2 N–H and O–H groups in total. The molecule has 3 nitrogen and oxygen atoms in total. The van der Waals surface area contributed by atoms with Crippen LogP contribution in [-0.2, 0) is 0 Å². The number of nitrogens with one attached hydrogen (secondary N) is 1. The van der Waals surface area contributed by atoms with E-state index in [1.807, 2.05) is 6.07 Å². The van der Waals surface area contributed by atoms with Crippen molar-refractivity contribution in [1.82, 2.24) is 5.32 Å². The van der Waals surface area contributed by atoms with Crippen molar-refractivity contribution in [3.63, 3.8) is 0 Å². The van der Waals surface area contributed by atoms with E-state index < -0.39 is 0 Å². The van der Waals surface area contributed by atoms with Gasteiger partial charge in [-0.05, 0) is 30.0 Å². The molecule has 18 heavy (non-hydrogen) atoms. The van der Waals surface area contributed by atoms with Crippen LogP contribution in [0.3, 0.4) is 0 Å². The lowest BCUT2D eigenvalue weighted by Gasteiger charge is -2.10. The van der Waals surface area contributed by atoms with Crippen LogP contribution in [0.2, 0.25) is 0 Å². The van der Waals surface area contributed by atoms with Crippen LogP contribution < -0.4 is 5.32 Å². The molecule has 3 heteroatoms. The molecule has 0 fully saturated rings. The minimum Gasteiger partial charge on any atom is -0.507 e. The van der Waals surface area contributed by atoms with E-state index in [1.165, 1.54) is 0 Å². The van der Waals surface area contributed by atoms with Gasteiger partial charge in [-0.15, -0.1) is 0 Å². The first-order valence-electron chi connectivity index (χ1n) is 6.67. The molecule has 0 bridgehead atoms. The van der Waals surface area contributed by atoms with Crippen molar-refractivity contribution in [2.45, 2.75) is 46.0 Å². The summed E-state index contributed by atoms with van der Waals surface area (Å²) in [5, 5.41) is 12.6. The number of carbonyl (C=O) groups excluding carboxylic acids is 1. The number of benzene rings is 1. The SMILES string of the molecule is CCCCCNC(=O)c1cc(C(C)C)ccc1O. The van der Waals surface area contributed by atoms with E-state index >= 15 is 0 Å². The minimum atomic E-state index is -0.189. The number of hydrogen-bond acceptors (Lipinski definition) is 2. The molecule has 0 saturated heterocycles. The third kappa shape index (κ3) is 4.06. The van der Waals surface area contributed by atoms with Crippen LogP contribution in [0, 0.1) is 0 Å². The van der Waals surface area contributed by atoms with E-state index in [0.29, 0.717) is 18.0 Å². The van der Waals surface area contributed by atoms with Crippen LogP contribution in [0.4, 0.5) is 0 Å². The molecule has 1 rings (SSSR count). The van der Waals surface area contributed by atoms with Gasteiger partial charge in [-0.3, -0.25) is 4.79 Å². The highest BCUT2D eigenvalue weighted by Crippen LogP contribution is 2.23. The maximum Gasteiger partial charge on any atom is 0.255 e. The van der Waals surface area contributed by atoms with Gasteiger partial charge >= 0.3 is 0 Å². The molecule has 0 atom stereocenters. The fraction of sp³-hybridized carbons (Fsp3) is 0.533. The molecule has 0 heterocycles. The molecular weight excluding hydrogens is 226 g/mol. The van der Waals surface area contributed by atoms with Crippen LogP contribution >= 0.6 is 0 Å². The Morgan fingerprint density at radius 1 is 1.33 bits per heavy atom. The first-order valence-corrected chi connectivity index (χ1v) is 6.67. The van der Waals surface area contributed by atoms with E-state index in [1.54, 1.807) is 12.1 Å². The Balaban J connectivity index is 2.69. The maximum absolute atomic E-state index is 11.9. The molecular formula is C15H23NO2. The lowest BCUT2D eigenvalue weighted by molar-refractivity contribution is 0.0950. The van der Waals surface area contributed by atoms with Gasteiger partial charge < -0.3 is 10.4 Å². The van der Waals surface area contributed by atoms with Crippen LogP contribution in [0.15, 0.2) is 18.2 Å². The van der Waals surface area contributed by atoms with Crippen molar-refractivity contribution < 1.29 is 9.90 Å². The second kappa shape index (κ2) is 7.04. The van der Waals surface area contributed by atoms with Crippen LogP contribution in [-0.4, -0.2) is 17.6 Å². The Bertz CT molecular complexity index is 399. The van der Waals surface area contributed by atoms with Crippen molar-refractivity contribution in [2.75, 3.05) is 6.54 Å². The smallest absolute Gasteiger partial charge is 0.255 e. The van der Waals surface area contributed by atoms with E-state index in [2.05, 4.69) is 26.1 Å². The summed E-state index contributed by atoms with van der Waals surface area (Å²) in [4.78, 5) is 11.9. The number of unbranched alkanes of at least 4 members (excludes halogenated alkanes) is 2. The Morgan fingerprint density at radius 2 is 2.06 bits per heavy atom. The van der Waals surface area contributed by atoms with Gasteiger partial charge in [-0.25, -0.2) is 0 Å². The summed E-state index contributed by atoms with van der Waals surface area (Å²) in [7, 11) is 0. The first kappa shape index (κ1) is 14.6. The van der Waals surface area contributed by atoms with Gasteiger partial charge in [0.1, 0.15) is 5.75 Å². The Hall–Kier alpha value is -1.51. The van der Waals surface area contributed by atoms with Crippen LogP contribution in [0.5, 0.6) is 5.75 Å². The van der Waals surface area contributed by atoms with Crippen LogP contribution in [0.1, 0.15) is 61.9 Å². The number of amides is 1. The fourth-order valence-electron chi connectivity index (χ4n) is 1.77. The number of phenols is 1. The van der Waals surface area contributed by atoms with E-state index in [-0.39, 0.29) is 11.7 Å². The van der Waals surface area contributed by atoms with E-state index in [4.69, 9.17) is 0 Å². The lowest BCUT2D eigenvalue weighted by atomic mass is 10.00. The number of phenolic OH excluding ortho intramolecular Hbond substituents is 1. The van der Waals surface area contributed by atoms with Gasteiger partial charge in [-0.2, -0.15) is 0 Å². The summed E-state index contributed by atoms with van der Waals surface area (Å²) in [6, 6.07) is 5.22.